The Labute approximate surface area is 213 Å². The molecule has 0 saturated carbocycles. The van der Waals surface area contributed by atoms with Gasteiger partial charge in [-0.2, -0.15) is 31.6 Å². The summed E-state index contributed by atoms with van der Waals surface area (Å²) in [5.41, 5.74) is 0.834. The monoisotopic (exact) mass is 550 g/mol. The number of ether oxygens (including phenoxy) is 4. The number of nitrogens with zero attached hydrogens (tertiary/aromatic N) is 2. The van der Waals surface area contributed by atoms with Crippen LogP contribution in [-0.4, -0.2) is 69.6 Å². The van der Waals surface area contributed by atoms with Gasteiger partial charge in [0.05, 0.1) is 30.4 Å². The van der Waals surface area contributed by atoms with Gasteiger partial charge in [0.1, 0.15) is 32.3 Å². The van der Waals surface area contributed by atoms with Crippen LogP contribution in [0.15, 0.2) is 40.5 Å². The molecule has 0 aliphatic carbocycles. The molecule has 1 aliphatic heterocycles. The van der Waals surface area contributed by atoms with Crippen molar-refractivity contribution in [2.45, 2.75) is 32.1 Å². The van der Waals surface area contributed by atoms with Crippen molar-refractivity contribution in [3.05, 3.63) is 46.7 Å². The second-order valence-corrected chi connectivity index (χ2v) is 8.08. The topological polar surface area (TPSA) is 107 Å². The summed E-state index contributed by atoms with van der Waals surface area (Å²) in [4.78, 5) is 30.3. The number of rotatable bonds is 11. The van der Waals surface area contributed by atoms with E-state index in [2.05, 4.69) is 14.5 Å². The molecular weight excluding hydrogens is 526 g/mol. The molecule has 1 aliphatic rings. The number of aliphatic imine (C=N–C) groups is 1. The zero-order valence-electron chi connectivity index (χ0n) is 20.3. The van der Waals surface area contributed by atoms with Gasteiger partial charge in [0, 0.05) is 17.3 Å². The molecule has 2 atom stereocenters. The normalized spacial score (nSPS) is 18.0. The fraction of sp³-hybridized carbons (Fsp3) is 0.500. The van der Waals surface area contributed by atoms with E-state index in [0.29, 0.717) is 5.56 Å². The van der Waals surface area contributed by atoms with Crippen molar-refractivity contribution in [1.82, 2.24) is 0 Å². The lowest BCUT2D eigenvalue weighted by Gasteiger charge is -2.31. The largest absolute Gasteiger partial charge is 0.463 e. The summed E-state index contributed by atoms with van der Waals surface area (Å²) < 4.78 is 92.5. The summed E-state index contributed by atoms with van der Waals surface area (Å²) >= 11 is 0. The summed E-state index contributed by atoms with van der Waals surface area (Å²) in [5.74, 6) is -4.19. The van der Waals surface area contributed by atoms with Crippen LogP contribution in [0.3, 0.4) is 0 Å². The SMILES string of the molecule is CC1=NC(C)=C(C(=O)OCCOCC(F)(F)F)C(c2cccc(C#N)c2)C1C(=O)OCCOCC(F)(F)F. The average molecular weight is 550 g/mol. The van der Waals surface area contributed by atoms with Gasteiger partial charge < -0.3 is 18.9 Å². The lowest BCUT2D eigenvalue weighted by atomic mass is 9.75. The third-order valence-corrected chi connectivity index (χ3v) is 5.14. The zero-order valence-corrected chi connectivity index (χ0v) is 20.3. The van der Waals surface area contributed by atoms with E-state index in [1.165, 1.54) is 32.0 Å². The molecule has 0 radical (unpaired) electrons. The molecule has 0 aromatic heterocycles. The molecule has 1 aromatic rings. The molecule has 0 amide bonds. The van der Waals surface area contributed by atoms with Crippen LogP contribution in [0.1, 0.15) is 30.9 Å². The summed E-state index contributed by atoms with van der Waals surface area (Å²) in [6.45, 7) is -2.21. The van der Waals surface area contributed by atoms with Crippen LogP contribution in [0.5, 0.6) is 0 Å². The third kappa shape index (κ3) is 9.46. The fourth-order valence-electron chi connectivity index (χ4n) is 3.71. The van der Waals surface area contributed by atoms with Crippen LogP contribution >= 0.6 is 0 Å². The Balaban J connectivity index is 2.26. The van der Waals surface area contributed by atoms with E-state index in [4.69, 9.17) is 9.47 Å². The molecule has 38 heavy (non-hydrogen) atoms. The molecule has 2 unspecified atom stereocenters. The number of carbonyl (C=O) groups excluding carboxylic acids is 2. The molecule has 208 valence electrons. The van der Waals surface area contributed by atoms with E-state index in [1.54, 1.807) is 6.07 Å². The van der Waals surface area contributed by atoms with Crippen LogP contribution in [0.25, 0.3) is 0 Å². The maximum Gasteiger partial charge on any atom is 0.411 e. The van der Waals surface area contributed by atoms with Crippen LogP contribution in [-0.2, 0) is 28.5 Å². The molecule has 2 rings (SSSR count). The molecule has 14 heteroatoms. The first-order valence-electron chi connectivity index (χ1n) is 11.1. The first kappa shape index (κ1) is 30.8. The molecule has 0 saturated heterocycles. The summed E-state index contributed by atoms with van der Waals surface area (Å²) in [6.07, 6.45) is -9.11. The van der Waals surface area contributed by atoms with E-state index in [1.807, 2.05) is 6.07 Å². The molecule has 0 fully saturated rings. The Morgan fingerprint density at radius 3 is 2.08 bits per heavy atom. The Hall–Kier alpha value is -3.44. The van der Waals surface area contributed by atoms with Crippen molar-refractivity contribution < 1.29 is 54.9 Å². The molecule has 0 bridgehead atoms. The first-order valence-corrected chi connectivity index (χ1v) is 11.1. The van der Waals surface area contributed by atoms with Crippen LogP contribution < -0.4 is 0 Å². The van der Waals surface area contributed by atoms with E-state index in [0.717, 1.165) is 0 Å². The van der Waals surface area contributed by atoms with Crippen molar-refractivity contribution in [3.8, 4) is 6.07 Å². The predicted octanol–water partition coefficient (Wildman–Crippen LogP) is 4.25. The number of alkyl halides is 6. The third-order valence-electron chi connectivity index (χ3n) is 5.14. The van der Waals surface area contributed by atoms with Crippen molar-refractivity contribution >= 4 is 17.7 Å². The van der Waals surface area contributed by atoms with Gasteiger partial charge in [-0.15, -0.1) is 0 Å². The lowest BCUT2D eigenvalue weighted by molar-refractivity contribution is -0.178. The number of halogens is 6. The number of allylic oxidation sites excluding steroid dienone is 1. The van der Waals surface area contributed by atoms with Gasteiger partial charge in [0.2, 0.25) is 0 Å². The van der Waals surface area contributed by atoms with Crippen LogP contribution in [0, 0.1) is 17.2 Å². The standard InChI is InChI=1S/C24H24F6N2O6/c1-14-18(21(33)37-8-6-35-12-23(25,26)27)20(17-5-3-4-16(10-17)11-31)19(15(2)32-14)22(34)38-9-7-36-13-24(28,29)30/h3-5,10,18,20H,6-9,12-13H2,1-2H3. The number of benzene rings is 1. The van der Waals surface area contributed by atoms with E-state index in [9.17, 15) is 41.2 Å². The van der Waals surface area contributed by atoms with Gasteiger partial charge in [0.15, 0.2) is 0 Å². The van der Waals surface area contributed by atoms with Crippen LogP contribution in [0.2, 0.25) is 0 Å². The van der Waals surface area contributed by atoms with E-state index >= 15 is 0 Å². The number of esters is 2. The van der Waals surface area contributed by atoms with Crippen molar-refractivity contribution in [1.29, 1.82) is 5.26 Å². The smallest absolute Gasteiger partial charge is 0.411 e. The van der Waals surface area contributed by atoms with Gasteiger partial charge in [-0.3, -0.25) is 9.79 Å². The van der Waals surface area contributed by atoms with Gasteiger partial charge in [-0.05, 0) is 31.5 Å². The summed E-state index contributed by atoms with van der Waals surface area (Å²) in [6, 6.07) is 7.93. The highest BCUT2D eigenvalue weighted by Crippen LogP contribution is 2.40. The molecule has 0 spiro atoms. The minimum absolute atomic E-state index is 0.100. The molecular formula is C24H24F6N2O6. The highest BCUT2D eigenvalue weighted by atomic mass is 19.4. The van der Waals surface area contributed by atoms with Gasteiger partial charge >= 0.3 is 24.3 Å². The molecule has 0 N–H and O–H groups in total. The minimum atomic E-state index is -4.55. The summed E-state index contributed by atoms with van der Waals surface area (Å²) in [5, 5.41) is 9.31. The van der Waals surface area contributed by atoms with Gasteiger partial charge in [-0.25, -0.2) is 4.79 Å². The Kier molecular flexibility index (Phi) is 10.8. The average Bonchev–Trinajstić information content (AvgIpc) is 2.81. The van der Waals surface area contributed by atoms with Gasteiger partial charge in [0.25, 0.3) is 0 Å². The zero-order chi connectivity index (χ0) is 28.5. The quantitative estimate of drug-likeness (QED) is 0.230. The molecule has 8 nitrogen and oxygen atoms in total. The van der Waals surface area contributed by atoms with Gasteiger partial charge in [-0.1, -0.05) is 12.1 Å². The first-order chi connectivity index (χ1) is 17.7. The minimum Gasteiger partial charge on any atom is -0.463 e. The van der Waals surface area contributed by atoms with E-state index < -0.39 is 75.8 Å². The van der Waals surface area contributed by atoms with Crippen molar-refractivity contribution in [2.75, 3.05) is 39.6 Å². The van der Waals surface area contributed by atoms with Crippen molar-refractivity contribution in [3.63, 3.8) is 0 Å². The Morgan fingerprint density at radius 1 is 0.947 bits per heavy atom. The lowest BCUT2D eigenvalue weighted by Crippen LogP contribution is -2.37. The van der Waals surface area contributed by atoms with Crippen LogP contribution in [0.4, 0.5) is 26.3 Å². The van der Waals surface area contributed by atoms with Crippen molar-refractivity contribution in [2.24, 2.45) is 10.9 Å². The van der Waals surface area contributed by atoms with E-state index in [-0.39, 0.29) is 22.5 Å². The maximum absolute atomic E-state index is 13.0. The molecule has 1 aromatic carbocycles. The summed E-state index contributed by atoms with van der Waals surface area (Å²) in [7, 11) is 0. The number of hydrogen-bond donors (Lipinski definition) is 0. The second-order valence-electron chi connectivity index (χ2n) is 8.08. The maximum atomic E-state index is 13.0. The number of carbonyl (C=O) groups is 2. The predicted molar refractivity (Wildman–Crippen MR) is 119 cm³/mol. The number of hydrogen-bond acceptors (Lipinski definition) is 8. The highest BCUT2D eigenvalue weighted by Gasteiger charge is 2.42. The Morgan fingerprint density at radius 2 is 1.53 bits per heavy atom. The molecule has 1 heterocycles. The second kappa shape index (κ2) is 13.4. The number of nitriles is 1. The highest BCUT2D eigenvalue weighted by molar-refractivity contribution is 6.07. The Bertz CT molecular complexity index is 1110. The fourth-order valence-corrected chi connectivity index (χ4v) is 3.71.